The summed E-state index contributed by atoms with van der Waals surface area (Å²) >= 11 is 0. The number of alkyl halides is 3. The van der Waals surface area contributed by atoms with Gasteiger partial charge in [0, 0.05) is 0 Å². The molecule has 1 rings (SSSR count). The van der Waals surface area contributed by atoms with Crippen molar-refractivity contribution in [1.29, 1.82) is 0 Å². The zero-order valence-electron chi connectivity index (χ0n) is 10.2. The molecule has 0 amide bonds. The van der Waals surface area contributed by atoms with Gasteiger partial charge in [0.1, 0.15) is 0 Å². The average molecular weight is 246 g/mol. The molecule has 0 saturated carbocycles. The number of hydrogen-bond acceptors (Lipinski definition) is 1. The van der Waals surface area contributed by atoms with Gasteiger partial charge in [-0.1, -0.05) is 45.0 Å². The van der Waals surface area contributed by atoms with E-state index in [0.29, 0.717) is 5.56 Å². The molecule has 0 aliphatic carbocycles. The summed E-state index contributed by atoms with van der Waals surface area (Å²) in [5.74, 6) is 0. The van der Waals surface area contributed by atoms with E-state index in [1.165, 1.54) is 0 Å². The van der Waals surface area contributed by atoms with E-state index in [0.717, 1.165) is 5.56 Å². The largest absolute Gasteiger partial charge is 0.391 e. The summed E-state index contributed by atoms with van der Waals surface area (Å²) in [6, 6.07) is 6.72. The fraction of sp³-hybridized carbons (Fsp3) is 0.538. The first-order valence-electron chi connectivity index (χ1n) is 5.45. The van der Waals surface area contributed by atoms with Crippen molar-refractivity contribution in [2.24, 2.45) is 0 Å². The zero-order chi connectivity index (χ0) is 13.3. The third kappa shape index (κ3) is 4.04. The lowest BCUT2D eigenvalue weighted by Crippen LogP contribution is -2.19. The first kappa shape index (κ1) is 14.0. The summed E-state index contributed by atoms with van der Waals surface area (Å²) < 4.78 is 36.8. The minimum Gasteiger partial charge on any atom is -0.388 e. The predicted molar refractivity (Wildman–Crippen MR) is 60.8 cm³/mol. The molecule has 0 saturated heterocycles. The van der Waals surface area contributed by atoms with Crippen molar-refractivity contribution in [3.05, 3.63) is 35.4 Å². The molecular weight excluding hydrogens is 229 g/mol. The first-order chi connectivity index (χ1) is 7.61. The molecular formula is C13H17F3O. The van der Waals surface area contributed by atoms with Crippen LogP contribution in [0.25, 0.3) is 0 Å². The summed E-state index contributed by atoms with van der Waals surface area (Å²) in [6.45, 7) is 5.73. The molecule has 0 aliphatic heterocycles. The molecule has 1 unspecified atom stereocenters. The van der Waals surface area contributed by atoms with Crippen LogP contribution in [-0.2, 0) is 5.41 Å². The van der Waals surface area contributed by atoms with E-state index in [9.17, 15) is 18.3 Å². The van der Waals surface area contributed by atoms with Gasteiger partial charge in [0.15, 0.2) is 0 Å². The SMILES string of the molecule is CC(C)(C)c1ccccc1C(O)CC(F)(F)F. The van der Waals surface area contributed by atoms with Crippen molar-refractivity contribution in [2.45, 2.75) is 44.9 Å². The van der Waals surface area contributed by atoms with Crippen LogP contribution in [0.3, 0.4) is 0 Å². The van der Waals surface area contributed by atoms with Gasteiger partial charge in [-0.3, -0.25) is 0 Å². The van der Waals surface area contributed by atoms with Gasteiger partial charge < -0.3 is 5.11 Å². The van der Waals surface area contributed by atoms with Crippen LogP contribution in [0.4, 0.5) is 13.2 Å². The highest BCUT2D eigenvalue weighted by atomic mass is 19.4. The Morgan fingerprint density at radius 1 is 1.12 bits per heavy atom. The van der Waals surface area contributed by atoms with Gasteiger partial charge in [0.2, 0.25) is 0 Å². The van der Waals surface area contributed by atoms with Gasteiger partial charge >= 0.3 is 6.18 Å². The summed E-state index contributed by atoms with van der Waals surface area (Å²) in [5.41, 5.74) is 0.817. The Morgan fingerprint density at radius 2 is 1.65 bits per heavy atom. The van der Waals surface area contributed by atoms with Crippen molar-refractivity contribution >= 4 is 0 Å². The first-order valence-corrected chi connectivity index (χ1v) is 5.45. The summed E-state index contributed by atoms with van der Waals surface area (Å²) in [6.07, 6.45) is -7.06. The van der Waals surface area contributed by atoms with E-state index in [1.54, 1.807) is 24.3 Å². The number of aliphatic hydroxyl groups is 1. The lowest BCUT2D eigenvalue weighted by molar-refractivity contribution is -0.154. The van der Waals surface area contributed by atoms with Gasteiger partial charge in [-0.25, -0.2) is 0 Å². The normalized spacial score (nSPS) is 14.8. The van der Waals surface area contributed by atoms with Crippen molar-refractivity contribution in [3.63, 3.8) is 0 Å². The van der Waals surface area contributed by atoms with Gasteiger partial charge in [-0.05, 0) is 16.5 Å². The molecule has 96 valence electrons. The van der Waals surface area contributed by atoms with Crippen LogP contribution < -0.4 is 0 Å². The quantitative estimate of drug-likeness (QED) is 0.837. The molecule has 0 aliphatic rings. The monoisotopic (exact) mass is 246 g/mol. The number of hydrogen-bond donors (Lipinski definition) is 1. The van der Waals surface area contributed by atoms with Crippen molar-refractivity contribution in [1.82, 2.24) is 0 Å². The van der Waals surface area contributed by atoms with E-state index in [1.807, 2.05) is 20.8 Å². The minimum absolute atomic E-state index is 0.289. The Labute approximate surface area is 99.3 Å². The van der Waals surface area contributed by atoms with E-state index in [4.69, 9.17) is 0 Å². The summed E-state index contributed by atoms with van der Waals surface area (Å²) in [4.78, 5) is 0. The smallest absolute Gasteiger partial charge is 0.388 e. The second-order valence-electron chi connectivity index (χ2n) is 5.17. The van der Waals surface area contributed by atoms with E-state index in [-0.39, 0.29) is 5.41 Å². The number of benzene rings is 1. The predicted octanol–water partition coefficient (Wildman–Crippen LogP) is 3.97. The lowest BCUT2D eigenvalue weighted by atomic mass is 9.82. The van der Waals surface area contributed by atoms with Crippen LogP contribution in [0.5, 0.6) is 0 Å². The Hall–Kier alpha value is -1.03. The standard InChI is InChI=1S/C13H17F3O/c1-12(2,3)10-7-5-4-6-9(10)11(17)8-13(14,15)16/h4-7,11,17H,8H2,1-3H3. The van der Waals surface area contributed by atoms with Crippen molar-refractivity contribution in [3.8, 4) is 0 Å². The molecule has 1 aromatic rings. The molecule has 1 N–H and O–H groups in total. The third-order valence-corrected chi connectivity index (χ3v) is 2.55. The molecule has 1 aromatic carbocycles. The highest BCUT2D eigenvalue weighted by Gasteiger charge is 2.33. The number of rotatable bonds is 2. The molecule has 0 radical (unpaired) electrons. The van der Waals surface area contributed by atoms with Crippen LogP contribution in [-0.4, -0.2) is 11.3 Å². The number of halogens is 3. The van der Waals surface area contributed by atoms with Crippen molar-refractivity contribution in [2.75, 3.05) is 0 Å². The molecule has 0 bridgehead atoms. The second kappa shape index (κ2) is 4.69. The summed E-state index contributed by atoms with van der Waals surface area (Å²) in [7, 11) is 0. The molecule has 4 heteroatoms. The molecule has 0 aromatic heterocycles. The molecule has 1 nitrogen and oxygen atoms in total. The van der Waals surface area contributed by atoms with Crippen LogP contribution in [0.2, 0.25) is 0 Å². The average Bonchev–Trinajstić information content (AvgIpc) is 2.13. The molecule has 0 spiro atoms. The minimum atomic E-state index is -4.36. The summed E-state index contributed by atoms with van der Waals surface area (Å²) in [5, 5.41) is 9.68. The highest BCUT2D eigenvalue weighted by molar-refractivity contribution is 5.34. The number of aliphatic hydroxyl groups excluding tert-OH is 1. The maximum Gasteiger partial charge on any atom is 0.391 e. The van der Waals surface area contributed by atoms with Gasteiger partial charge in [0.25, 0.3) is 0 Å². The maximum absolute atomic E-state index is 12.3. The van der Waals surface area contributed by atoms with Gasteiger partial charge in [-0.15, -0.1) is 0 Å². The van der Waals surface area contributed by atoms with Crippen LogP contribution in [0.15, 0.2) is 24.3 Å². The lowest BCUT2D eigenvalue weighted by Gasteiger charge is -2.25. The molecule has 0 heterocycles. The molecule has 1 atom stereocenters. The fourth-order valence-corrected chi connectivity index (χ4v) is 1.80. The molecule has 0 fully saturated rings. The van der Waals surface area contributed by atoms with Crippen LogP contribution >= 0.6 is 0 Å². The second-order valence-corrected chi connectivity index (χ2v) is 5.17. The van der Waals surface area contributed by atoms with Crippen LogP contribution in [0.1, 0.15) is 44.4 Å². The Bertz CT molecular complexity index is 377. The Balaban J connectivity index is 3.06. The van der Waals surface area contributed by atoms with E-state index in [2.05, 4.69) is 0 Å². The van der Waals surface area contributed by atoms with Crippen LogP contribution in [0, 0.1) is 0 Å². The van der Waals surface area contributed by atoms with Gasteiger partial charge in [0.05, 0.1) is 12.5 Å². The Morgan fingerprint density at radius 3 is 2.12 bits per heavy atom. The van der Waals surface area contributed by atoms with E-state index >= 15 is 0 Å². The topological polar surface area (TPSA) is 20.2 Å². The van der Waals surface area contributed by atoms with Crippen molar-refractivity contribution < 1.29 is 18.3 Å². The Kier molecular flexibility index (Phi) is 3.87. The van der Waals surface area contributed by atoms with E-state index < -0.39 is 18.7 Å². The fourth-order valence-electron chi connectivity index (χ4n) is 1.80. The zero-order valence-corrected chi connectivity index (χ0v) is 10.2. The third-order valence-electron chi connectivity index (χ3n) is 2.55. The van der Waals surface area contributed by atoms with Gasteiger partial charge in [-0.2, -0.15) is 13.2 Å². The maximum atomic E-state index is 12.3. The highest BCUT2D eigenvalue weighted by Crippen LogP contribution is 2.35. The molecule has 17 heavy (non-hydrogen) atoms.